The van der Waals surface area contributed by atoms with Gasteiger partial charge in [-0.3, -0.25) is 0 Å². The van der Waals surface area contributed by atoms with Gasteiger partial charge in [0.25, 0.3) is 0 Å². The maximum absolute atomic E-state index is 10.5. The average Bonchev–Trinajstić information content (AvgIpc) is 2.74. The number of aliphatic hydroxyl groups is 1. The summed E-state index contributed by atoms with van der Waals surface area (Å²) in [6, 6.07) is 0. The molecule has 1 nitrogen and oxygen atoms in total. The van der Waals surface area contributed by atoms with Gasteiger partial charge in [0.05, 0.1) is 6.10 Å². The number of rotatable bonds is 0. The topological polar surface area (TPSA) is 20.2 Å². The molecule has 0 saturated heterocycles. The molecule has 3 saturated carbocycles. The Bertz CT molecular complexity index is 427. The van der Waals surface area contributed by atoms with Crippen molar-refractivity contribution in [1.82, 2.24) is 0 Å². The van der Waals surface area contributed by atoms with Crippen LogP contribution < -0.4 is 0 Å². The predicted molar refractivity (Wildman–Crippen MR) is 82.3 cm³/mol. The molecular weight excluding hydrogens is 244 g/mol. The van der Waals surface area contributed by atoms with E-state index in [1.807, 2.05) is 0 Å². The maximum Gasteiger partial charge on any atom is 0.0596 e. The normalized spacial score (nSPS) is 57.9. The van der Waals surface area contributed by atoms with Crippen molar-refractivity contribution in [2.45, 2.75) is 71.3 Å². The molecular formula is C19H30O. The van der Waals surface area contributed by atoms with Crippen LogP contribution in [0.2, 0.25) is 0 Å². The summed E-state index contributed by atoms with van der Waals surface area (Å²) in [4.78, 5) is 0. The molecule has 0 bridgehead atoms. The van der Waals surface area contributed by atoms with Crippen molar-refractivity contribution >= 4 is 0 Å². The van der Waals surface area contributed by atoms with E-state index in [0.29, 0.717) is 5.41 Å². The third-order valence-corrected chi connectivity index (χ3v) is 8.16. The van der Waals surface area contributed by atoms with Gasteiger partial charge in [-0.15, -0.1) is 0 Å². The summed E-state index contributed by atoms with van der Waals surface area (Å²) in [6.07, 6.45) is 15.4. The van der Waals surface area contributed by atoms with Crippen LogP contribution >= 0.6 is 0 Å². The van der Waals surface area contributed by atoms with E-state index in [4.69, 9.17) is 0 Å². The summed E-state index contributed by atoms with van der Waals surface area (Å²) >= 11 is 0. The molecule has 0 aromatic heterocycles. The van der Waals surface area contributed by atoms with E-state index in [9.17, 15) is 5.11 Å². The molecule has 0 aromatic carbocycles. The molecule has 0 radical (unpaired) electrons. The zero-order chi connectivity index (χ0) is 14.0. The summed E-state index contributed by atoms with van der Waals surface area (Å²) in [7, 11) is 0. The summed E-state index contributed by atoms with van der Waals surface area (Å²) in [5, 5.41) is 10.5. The number of hydrogen-bond donors (Lipinski definition) is 1. The van der Waals surface area contributed by atoms with Crippen molar-refractivity contribution in [2.75, 3.05) is 0 Å². The van der Waals surface area contributed by atoms with Gasteiger partial charge >= 0.3 is 0 Å². The van der Waals surface area contributed by atoms with E-state index in [-0.39, 0.29) is 11.5 Å². The Morgan fingerprint density at radius 1 is 0.900 bits per heavy atom. The van der Waals surface area contributed by atoms with Gasteiger partial charge in [-0.1, -0.05) is 26.0 Å². The second kappa shape index (κ2) is 4.35. The Morgan fingerprint density at radius 3 is 2.55 bits per heavy atom. The molecule has 20 heavy (non-hydrogen) atoms. The highest BCUT2D eigenvalue weighted by molar-refractivity contribution is 5.12. The molecule has 3 fully saturated rings. The van der Waals surface area contributed by atoms with Gasteiger partial charge in [-0.05, 0) is 85.9 Å². The summed E-state index contributed by atoms with van der Waals surface area (Å²) in [6.45, 7) is 4.98. The van der Waals surface area contributed by atoms with Crippen LogP contribution in [-0.4, -0.2) is 11.2 Å². The Kier molecular flexibility index (Phi) is 2.91. The van der Waals surface area contributed by atoms with Crippen LogP contribution in [0.25, 0.3) is 0 Å². The summed E-state index contributed by atoms with van der Waals surface area (Å²) in [5.41, 5.74) is 0.807. The van der Waals surface area contributed by atoms with Gasteiger partial charge in [0.15, 0.2) is 0 Å². The minimum atomic E-state index is -0.0229. The van der Waals surface area contributed by atoms with Gasteiger partial charge in [0.1, 0.15) is 0 Å². The van der Waals surface area contributed by atoms with Gasteiger partial charge in [-0.25, -0.2) is 0 Å². The van der Waals surface area contributed by atoms with Crippen LogP contribution in [0.15, 0.2) is 12.2 Å². The molecule has 0 heterocycles. The van der Waals surface area contributed by atoms with Crippen LogP contribution in [0.5, 0.6) is 0 Å². The fourth-order valence-electron chi connectivity index (χ4n) is 6.81. The number of fused-ring (bicyclic) bond motifs is 5. The minimum Gasteiger partial charge on any atom is -0.393 e. The zero-order valence-corrected chi connectivity index (χ0v) is 13.1. The average molecular weight is 274 g/mol. The first-order valence-electron chi connectivity index (χ1n) is 8.89. The lowest BCUT2D eigenvalue weighted by Crippen LogP contribution is -2.52. The first kappa shape index (κ1) is 13.4. The highest BCUT2D eigenvalue weighted by Crippen LogP contribution is 2.65. The lowest BCUT2D eigenvalue weighted by Gasteiger charge is -2.59. The van der Waals surface area contributed by atoms with Crippen LogP contribution in [0.3, 0.4) is 0 Å². The van der Waals surface area contributed by atoms with Crippen LogP contribution in [-0.2, 0) is 0 Å². The predicted octanol–water partition coefficient (Wildman–Crippen LogP) is 4.56. The van der Waals surface area contributed by atoms with E-state index in [1.165, 1.54) is 44.9 Å². The highest BCUT2D eigenvalue weighted by Gasteiger charge is 2.59. The van der Waals surface area contributed by atoms with E-state index in [2.05, 4.69) is 26.0 Å². The van der Waals surface area contributed by atoms with Gasteiger partial charge < -0.3 is 5.11 Å². The number of allylic oxidation sites excluding steroid dienone is 2. The van der Waals surface area contributed by atoms with Gasteiger partial charge in [0.2, 0.25) is 0 Å². The molecule has 112 valence electrons. The smallest absolute Gasteiger partial charge is 0.0596 e. The largest absolute Gasteiger partial charge is 0.393 e. The molecule has 0 spiro atoms. The molecule has 0 amide bonds. The second-order valence-electron chi connectivity index (χ2n) is 8.71. The van der Waals surface area contributed by atoms with E-state index >= 15 is 0 Å². The first-order valence-corrected chi connectivity index (χ1v) is 8.89. The monoisotopic (exact) mass is 274 g/mol. The summed E-state index contributed by atoms with van der Waals surface area (Å²) in [5.74, 6) is 3.57. The Hall–Kier alpha value is -0.300. The molecule has 0 aliphatic heterocycles. The number of aliphatic hydroxyl groups excluding tert-OH is 1. The fourth-order valence-corrected chi connectivity index (χ4v) is 6.81. The Labute approximate surface area is 123 Å². The van der Waals surface area contributed by atoms with Crippen molar-refractivity contribution in [2.24, 2.45) is 34.5 Å². The van der Waals surface area contributed by atoms with Crippen molar-refractivity contribution in [3.63, 3.8) is 0 Å². The first-order chi connectivity index (χ1) is 9.56. The molecule has 4 aliphatic carbocycles. The molecule has 7 atom stereocenters. The zero-order valence-electron chi connectivity index (χ0n) is 13.1. The lowest BCUT2D eigenvalue weighted by atomic mass is 9.46. The van der Waals surface area contributed by atoms with Gasteiger partial charge in [-0.2, -0.15) is 0 Å². The molecule has 4 rings (SSSR count). The fraction of sp³-hybridized carbons (Fsp3) is 0.895. The van der Waals surface area contributed by atoms with Crippen molar-refractivity contribution < 1.29 is 5.11 Å². The van der Waals surface area contributed by atoms with Crippen molar-refractivity contribution in [3.05, 3.63) is 12.2 Å². The lowest BCUT2D eigenvalue weighted by molar-refractivity contribution is -0.108. The molecule has 0 aromatic rings. The highest BCUT2D eigenvalue weighted by atomic mass is 16.3. The van der Waals surface area contributed by atoms with Crippen LogP contribution in [0.1, 0.15) is 65.2 Å². The molecule has 1 N–H and O–H groups in total. The maximum atomic E-state index is 10.5. The van der Waals surface area contributed by atoms with Crippen molar-refractivity contribution in [3.8, 4) is 0 Å². The van der Waals surface area contributed by atoms with E-state index in [1.54, 1.807) is 0 Å². The molecule has 5 unspecified atom stereocenters. The Balaban J connectivity index is 1.66. The third kappa shape index (κ3) is 1.59. The molecule has 4 aliphatic rings. The Morgan fingerprint density at radius 2 is 1.70 bits per heavy atom. The second-order valence-corrected chi connectivity index (χ2v) is 8.71. The SMILES string of the molecule is CC12CCC3C(CCC4CC=CC[C@@]43C)C1CC[C@@H]2O. The van der Waals surface area contributed by atoms with Crippen LogP contribution in [0.4, 0.5) is 0 Å². The number of hydrogen-bond acceptors (Lipinski definition) is 1. The van der Waals surface area contributed by atoms with Crippen molar-refractivity contribution in [1.29, 1.82) is 0 Å². The molecule has 1 heteroatoms. The minimum absolute atomic E-state index is 0.0229. The van der Waals surface area contributed by atoms with E-state index < -0.39 is 0 Å². The van der Waals surface area contributed by atoms with E-state index in [0.717, 1.165) is 30.1 Å². The standard InChI is InChI=1S/C19H30O/c1-18-11-4-3-5-13(18)6-7-14-15-8-9-17(20)19(15,2)12-10-16(14)18/h3-4,13-17,20H,5-12H2,1-2H3/t13?,14?,15?,16?,17-,18-,19?/m0/s1. The summed E-state index contributed by atoms with van der Waals surface area (Å²) < 4.78 is 0. The van der Waals surface area contributed by atoms with Crippen LogP contribution in [0, 0.1) is 34.5 Å². The third-order valence-electron chi connectivity index (χ3n) is 8.16. The van der Waals surface area contributed by atoms with Gasteiger partial charge in [0, 0.05) is 0 Å². The quantitative estimate of drug-likeness (QED) is 0.642.